The van der Waals surface area contributed by atoms with Crippen molar-refractivity contribution in [1.29, 1.82) is 5.26 Å². The molecule has 0 radical (unpaired) electrons. The largest absolute Gasteiger partial charge is 0.506 e. The standard InChI is InChI=1S/C18H16IN3O2/c1-11-3-5-16(17(23)7-11)21-10-13(9-20)18(24)22-15-6-4-14(19)8-12(15)2/h3-8,10,21,23H,1-2H3,(H,22,24)/b13-10-. The fraction of sp³-hybridized carbons (Fsp3) is 0.111. The second-order valence-electron chi connectivity index (χ2n) is 5.25. The Bertz CT molecular complexity index is 854. The van der Waals surface area contributed by atoms with E-state index in [0.29, 0.717) is 11.4 Å². The molecule has 0 bridgehead atoms. The van der Waals surface area contributed by atoms with Gasteiger partial charge >= 0.3 is 0 Å². The van der Waals surface area contributed by atoms with Crippen LogP contribution in [0.3, 0.4) is 0 Å². The summed E-state index contributed by atoms with van der Waals surface area (Å²) in [4.78, 5) is 12.2. The Kier molecular flexibility index (Phi) is 5.82. The van der Waals surface area contributed by atoms with Crippen LogP contribution in [0.25, 0.3) is 0 Å². The predicted molar refractivity (Wildman–Crippen MR) is 103 cm³/mol. The molecule has 0 heterocycles. The number of aromatic hydroxyl groups is 1. The van der Waals surface area contributed by atoms with E-state index in [9.17, 15) is 15.2 Å². The molecular weight excluding hydrogens is 417 g/mol. The molecule has 2 rings (SSSR count). The molecule has 0 unspecified atom stereocenters. The maximum Gasteiger partial charge on any atom is 0.267 e. The third kappa shape index (κ3) is 4.49. The number of carbonyl (C=O) groups excluding carboxylic acids is 1. The Balaban J connectivity index is 2.15. The van der Waals surface area contributed by atoms with Gasteiger partial charge in [0.2, 0.25) is 0 Å². The van der Waals surface area contributed by atoms with Gasteiger partial charge in [-0.15, -0.1) is 0 Å². The lowest BCUT2D eigenvalue weighted by Crippen LogP contribution is -2.15. The van der Waals surface area contributed by atoms with E-state index < -0.39 is 5.91 Å². The minimum atomic E-state index is -0.513. The highest BCUT2D eigenvalue weighted by Crippen LogP contribution is 2.24. The summed E-state index contributed by atoms with van der Waals surface area (Å²) in [5.74, 6) is -0.460. The molecule has 6 heteroatoms. The van der Waals surface area contributed by atoms with Crippen molar-refractivity contribution < 1.29 is 9.90 Å². The molecule has 122 valence electrons. The number of hydrogen-bond acceptors (Lipinski definition) is 4. The van der Waals surface area contributed by atoms with Gasteiger partial charge in [-0.3, -0.25) is 4.79 Å². The summed E-state index contributed by atoms with van der Waals surface area (Å²) in [7, 11) is 0. The number of phenolic OH excluding ortho intramolecular Hbond substituents is 1. The summed E-state index contributed by atoms with van der Waals surface area (Å²) in [5, 5.41) is 24.5. The lowest BCUT2D eigenvalue weighted by atomic mass is 10.2. The summed E-state index contributed by atoms with van der Waals surface area (Å²) in [6.07, 6.45) is 1.28. The third-order valence-electron chi connectivity index (χ3n) is 3.33. The number of carbonyl (C=O) groups is 1. The van der Waals surface area contributed by atoms with Crippen molar-refractivity contribution in [1.82, 2.24) is 0 Å². The van der Waals surface area contributed by atoms with E-state index in [2.05, 4.69) is 33.2 Å². The summed E-state index contributed by atoms with van der Waals surface area (Å²) in [5.41, 5.74) is 2.81. The number of nitrogens with one attached hydrogen (secondary N) is 2. The van der Waals surface area contributed by atoms with Crippen LogP contribution in [0.1, 0.15) is 11.1 Å². The molecule has 0 aliphatic rings. The van der Waals surface area contributed by atoms with E-state index in [1.807, 2.05) is 38.1 Å². The molecule has 0 saturated heterocycles. The van der Waals surface area contributed by atoms with Crippen molar-refractivity contribution >= 4 is 39.9 Å². The fourth-order valence-electron chi connectivity index (χ4n) is 2.02. The molecule has 2 aromatic rings. The highest BCUT2D eigenvalue weighted by molar-refractivity contribution is 14.1. The Morgan fingerprint density at radius 1 is 1.21 bits per heavy atom. The highest BCUT2D eigenvalue weighted by atomic mass is 127. The lowest BCUT2D eigenvalue weighted by molar-refractivity contribution is -0.112. The number of anilines is 2. The molecule has 0 saturated carbocycles. The first-order valence-corrected chi connectivity index (χ1v) is 8.22. The zero-order chi connectivity index (χ0) is 17.7. The van der Waals surface area contributed by atoms with Crippen LogP contribution in [-0.4, -0.2) is 11.0 Å². The van der Waals surface area contributed by atoms with Gasteiger partial charge in [0, 0.05) is 15.5 Å². The first-order chi connectivity index (χ1) is 11.4. The van der Waals surface area contributed by atoms with E-state index in [1.54, 1.807) is 18.2 Å². The van der Waals surface area contributed by atoms with Crippen LogP contribution < -0.4 is 10.6 Å². The average Bonchev–Trinajstić information content (AvgIpc) is 2.52. The molecule has 24 heavy (non-hydrogen) atoms. The Morgan fingerprint density at radius 3 is 2.54 bits per heavy atom. The third-order valence-corrected chi connectivity index (χ3v) is 4.00. The number of aryl methyl sites for hydroxylation is 2. The SMILES string of the molecule is Cc1ccc(N/C=C(/C#N)C(=O)Nc2ccc(I)cc2C)c(O)c1. The van der Waals surface area contributed by atoms with Crippen molar-refractivity contribution in [3.63, 3.8) is 0 Å². The fourth-order valence-corrected chi connectivity index (χ4v) is 2.67. The molecule has 0 fully saturated rings. The minimum Gasteiger partial charge on any atom is -0.506 e. The monoisotopic (exact) mass is 433 g/mol. The first-order valence-electron chi connectivity index (χ1n) is 7.14. The normalized spacial score (nSPS) is 10.8. The Labute approximate surface area is 154 Å². The molecule has 3 N–H and O–H groups in total. The number of nitriles is 1. The van der Waals surface area contributed by atoms with E-state index in [4.69, 9.17) is 0 Å². The molecule has 0 atom stereocenters. The van der Waals surface area contributed by atoms with Crippen LogP contribution in [0, 0.1) is 28.7 Å². The van der Waals surface area contributed by atoms with Gasteiger partial charge in [0.25, 0.3) is 5.91 Å². The molecule has 0 aliphatic carbocycles. The maximum absolute atomic E-state index is 12.2. The van der Waals surface area contributed by atoms with Gasteiger partial charge in [0.1, 0.15) is 17.4 Å². The Morgan fingerprint density at radius 2 is 1.92 bits per heavy atom. The van der Waals surface area contributed by atoms with E-state index in [0.717, 1.165) is 14.7 Å². The van der Waals surface area contributed by atoms with Crippen molar-refractivity contribution in [2.45, 2.75) is 13.8 Å². The summed E-state index contributed by atoms with van der Waals surface area (Å²) in [6.45, 7) is 3.74. The molecule has 0 spiro atoms. The second kappa shape index (κ2) is 7.84. The zero-order valence-electron chi connectivity index (χ0n) is 13.2. The summed E-state index contributed by atoms with van der Waals surface area (Å²) >= 11 is 2.19. The number of nitrogens with zero attached hydrogens (tertiary/aromatic N) is 1. The number of hydrogen-bond donors (Lipinski definition) is 3. The van der Waals surface area contributed by atoms with Gasteiger partial charge in [-0.1, -0.05) is 6.07 Å². The van der Waals surface area contributed by atoms with E-state index in [-0.39, 0.29) is 11.3 Å². The molecule has 0 aromatic heterocycles. The van der Waals surface area contributed by atoms with Crippen molar-refractivity contribution in [2.75, 3.05) is 10.6 Å². The zero-order valence-corrected chi connectivity index (χ0v) is 15.4. The lowest BCUT2D eigenvalue weighted by Gasteiger charge is -2.09. The van der Waals surface area contributed by atoms with Crippen LogP contribution in [0.2, 0.25) is 0 Å². The molecule has 1 amide bonds. The van der Waals surface area contributed by atoms with Gasteiger partial charge in [-0.05, 0) is 77.9 Å². The van der Waals surface area contributed by atoms with Crippen LogP contribution >= 0.6 is 22.6 Å². The van der Waals surface area contributed by atoms with Crippen LogP contribution in [0.15, 0.2) is 48.2 Å². The van der Waals surface area contributed by atoms with Crippen molar-refractivity contribution in [2.24, 2.45) is 0 Å². The molecular formula is C18H16IN3O2. The van der Waals surface area contributed by atoms with E-state index in [1.165, 1.54) is 6.20 Å². The number of phenols is 1. The number of amides is 1. The summed E-state index contributed by atoms with van der Waals surface area (Å²) in [6, 6.07) is 12.6. The maximum atomic E-state index is 12.2. The smallest absolute Gasteiger partial charge is 0.267 e. The molecule has 0 aliphatic heterocycles. The van der Waals surface area contributed by atoms with E-state index >= 15 is 0 Å². The number of halogens is 1. The van der Waals surface area contributed by atoms with Gasteiger partial charge in [-0.2, -0.15) is 5.26 Å². The van der Waals surface area contributed by atoms with Crippen molar-refractivity contribution in [3.05, 3.63) is 62.9 Å². The molecule has 5 nitrogen and oxygen atoms in total. The van der Waals surface area contributed by atoms with Gasteiger partial charge in [0.15, 0.2) is 0 Å². The van der Waals surface area contributed by atoms with Crippen LogP contribution in [-0.2, 0) is 4.79 Å². The number of rotatable bonds is 4. The highest BCUT2D eigenvalue weighted by Gasteiger charge is 2.11. The molecule has 2 aromatic carbocycles. The average molecular weight is 433 g/mol. The van der Waals surface area contributed by atoms with Gasteiger partial charge in [-0.25, -0.2) is 0 Å². The van der Waals surface area contributed by atoms with Gasteiger partial charge < -0.3 is 15.7 Å². The topological polar surface area (TPSA) is 85.2 Å². The first kappa shape index (κ1) is 17.8. The number of benzene rings is 2. The quantitative estimate of drug-likeness (QED) is 0.294. The van der Waals surface area contributed by atoms with Crippen LogP contribution in [0.4, 0.5) is 11.4 Å². The second-order valence-corrected chi connectivity index (χ2v) is 6.49. The van der Waals surface area contributed by atoms with Crippen LogP contribution in [0.5, 0.6) is 5.75 Å². The van der Waals surface area contributed by atoms with Gasteiger partial charge in [0.05, 0.1) is 5.69 Å². The van der Waals surface area contributed by atoms with Crippen molar-refractivity contribution in [3.8, 4) is 11.8 Å². The summed E-state index contributed by atoms with van der Waals surface area (Å²) < 4.78 is 1.07. The Hall–Kier alpha value is -2.53. The predicted octanol–water partition coefficient (Wildman–Crippen LogP) is 4.07. The minimum absolute atomic E-state index is 0.0532.